The molecule has 1 saturated heterocycles. The standard InChI is InChI=1S/C24H29N5O2/c1-18(26-2)16-21(25)24(31)27-17-23(30)29-14-12-28(13-15-29)22-11-7-6-10-20(22)19-8-4-3-5-9-19/h3-11,16H,12-15,17,25H2,1-2H3,(H,27,31). The molecule has 0 saturated carbocycles. The maximum atomic E-state index is 12.5. The summed E-state index contributed by atoms with van der Waals surface area (Å²) in [6, 6.07) is 18.6. The molecule has 0 bridgehead atoms. The number of piperazine rings is 1. The molecule has 7 nitrogen and oxygen atoms in total. The molecule has 1 fully saturated rings. The van der Waals surface area contributed by atoms with Gasteiger partial charge in [-0.25, -0.2) is 0 Å². The Bertz CT molecular complexity index is 976. The largest absolute Gasteiger partial charge is 0.394 e. The highest BCUT2D eigenvalue weighted by Crippen LogP contribution is 2.31. The van der Waals surface area contributed by atoms with E-state index in [1.54, 1.807) is 18.9 Å². The molecule has 0 radical (unpaired) electrons. The van der Waals surface area contributed by atoms with Gasteiger partial charge >= 0.3 is 0 Å². The average Bonchev–Trinajstić information content (AvgIpc) is 2.82. The fourth-order valence-electron chi connectivity index (χ4n) is 3.53. The fraction of sp³-hybridized carbons (Fsp3) is 0.292. The van der Waals surface area contributed by atoms with Crippen LogP contribution in [0.3, 0.4) is 0 Å². The van der Waals surface area contributed by atoms with E-state index >= 15 is 0 Å². The van der Waals surface area contributed by atoms with Crippen LogP contribution in [0.2, 0.25) is 0 Å². The highest BCUT2D eigenvalue weighted by Gasteiger charge is 2.23. The molecule has 31 heavy (non-hydrogen) atoms. The zero-order valence-electron chi connectivity index (χ0n) is 18.0. The zero-order chi connectivity index (χ0) is 22.2. The third-order valence-electron chi connectivity index (χ3n) is 5.34. The first kappa shape index (κ1) is 22.1. The Morgan fingerprint density at radius 2 is 1.68 bits per heavy atom. The maximum absolute atomic E-state index is 12.5. The van der Waals surface area contributed by atoms with Crippen LogP contribution in [0.15, 0.2) is 71.4 Å². The van der Waals surface area contributed by atoms with Gasteiger partial charge < -0.3 is 20.9 Å². The van der Waals surface area contributed by atoms with Crippen LogP contribution in [0, 0.1) is 0 Å². The quantitative estimate of drug-likeness (QED) is 0.554. The van der Waals surface area contributed by atoms with Crippen molar-refractivity contribution in [3.8, 4) is 11.1 Å². The van der Waals surface area contributed by atoms with Gasteiger partial charge in [-0.2, -0.15) is 0 Å². The lowest BCUT2D eigenvalue weighted by atomic mass is 10.0. The number of allylic oxidation sites excluding steroid dienone is 1. The number of carbonyl (C=O) groups excluding carboxylic acids is 2. The van der Waals surface area contributed by atoms with E-state index in [1.807, 2.05) is 30.3 Å². The minimum atomic E-state index is -0.466. The van der Waals surface area contributed by atoms with Crippen molar-refractivity contribution in [2.24, 2.45) is 10.7 Å². The summed E-state index contributed by atoms with van der Waals surface area (Å²) in [6.45, 7) is 4.35. The molecule has 0 unspecified atom stereocenters. The highest BCUT2D eigenvalue weighted by molar-refractivity contribution is 6.03. The Morgan fingerprint density at radius 1 is 1.03 bits per heavy atom. The summed E-state index contributed by atoms with van der Waals surface area (Å²) in [6.07, 6.45) is 1.49. The van der Waals surface area contributed by atoms with Gasteiger partial charge in [-0.1, -0.05) is 48.5 Å². The first-order valence-corrected chi connectivity index (χ1v) is 10.4. The van der Waals surface area contributed by atoms with Gasteiger partial charge in [0, 0.05) is 50.2 Å². The van der Waals surface area contributed by atoms with Gasteiger partial charge in [-0.15, -0.1) is 0 Å². The summed E-state index contributed by atoms with van der Waals surface area (Å²) in [5, 5.41) is 2.59. The van der Waals surface area contributed by atoms with Crippen LogP contribution >= 0.6 is 0 Å². The Hall–Kier alpha value is -3.61. The third kappa shape index (κ3) is 5.72. The van der Waals surface area contributed by atoms with E-state index in [1.165, 1.54) is 22.9 Å². The second kappa shape index (κ2) is 10.4. The molecule has 1 aliphatic heterocycles. The van der Waals surface area contributed by atoms with Crippen molar-refractivity contribution in [3.63, 3.8) is 0 Å². The average molecular weight is 420 g/mol. The minimum absolute atomic E-state index is 0.0400. The first-order chi connectivity index (χ1) is 15.0. The van der Waals surface area contributed by atoms with Crippen molar-refractivity contribution in [1.82, 2.24) is 10.2 Å². The van der Waals surface area contributed by atoms with Crippen LogP contribution in [-0.4, -0.2) is 62.2 Å². The number of nitrogens with zero attached hydrogens (tertiary/aromatic N) is 3. The highest BCUT2D eigenvalue weighted by atomic mass is 16.2. The molecule has 0 aromatic heterocycles. The number of hydrogen-bond donors (Lipinski definition) is 2. The number of nitrogens with two attached hydrogens (primary N) is 1. The molecule has 7 heteroatoms. The van der Waals surface area contributed by atoms with Crippen LogP contribution < -0.4 is 16.0 Å². The van der Waals surface area contributed by atoms with Crippen molar-refractivity contribution in [1.29, 1.82) is 0 Å². The number of benzene rings is 2. The Kier molecular flexibility index (Phi) is 7.43. The second-order valence-electron chi connectivity index (χ2n) is 7.40. The number of amides is 2. The lowest BCUT2D eigenvalue weighted by Crippen LogP contribution is -2.51. The van der Waals surface area contributed by atoms with Gasteiger partial charge in [-0.3, -0.25) is 14.6 Å². The SMILES string of the molecule is CN=C(C)C=C(N)C(=O)NCC(=O)N1CCN(c2ccccc2-c2ccccc2)CC1. The smallest absolute Gasteiger partial charge is 0.267 e. The lowest BCUT2D eigenvalue weighted by Gasteiger charge is -2.37. The van der Waals surface area contributed by atoms with Crippen molar-refractivity contribution in [2.75, 3.05) is 44.7 Å². The van der Waals surface area contributed by atoms with E-state index in [2.05, 4.69) is 39.5 Å². The number of carbonyl (C=O) groups is 2. The Labute approximate surface area is 183 Å². The van der Waals surface area contributed by atoms with Crippen molar-refractivity contribution in [2.45, 2.75) is 6.92 Å². The topological polar surface area (TPSA) is 91.0 Å². The Morgan fingerprint density at radius 3 is 2.35 bits per heavy atom. The molecule has 0 aliphatic carbocycles. The number of aliphatic imine (C=N–C) groups is 1. The molecule has 162 valence electrons. The van der Waals surface area contributed by atoms with E-state index in [0.29, 0.717) is 18.8 Å². The predicted octanol–water partition coefficient (Wildman–Crippen LogP) is 2.05. The molecule has 3 rings (SSSR count). The Balaban J connectivity index is 1.56. The number of rotatable bonds is 6. The maximum Gasteiger partial charge on any atom is 0.267 e. The summed E-state index contributed by atoms with van der Waals surface area (Å²) in [7, 11) is 1.62. The third-order valence-corrected chi connectivity index (χ3v) is 5.34. The molecule has 0 spiro atoms. The summed E-state index contributed by atoms with van der Waals surface area (Å²) >= 11 is 0. The molecule has 0 atom stereocenters. The summed E-state index contributed by atoms with van der Waals surface area (Å²) in [5.74, 6) is -0.579. The molecule has 1 heterocycles. The number of hydrogen-bond acceptors (Lipinski definition) is 5. The van der Waals surface area contributed by atoms with Crippen LogP contribution in [0.5, 0.6) is 0 Å². The molecule has 2 aromatic carbocycles. The summed E-state index contributed by atoms with van der Waals surface area (Å²) < 4.78 is 0. The van der Waals surface area contributed by atoms with E-state index < -0.39 is 5.91 Å². The normalized spacial score (nSPS) is 15.0. The number of para-hydroxylation sites is 1. The monoisotopic (exact) mass is 419 g/mol. The van der Waals surface area contributed by atoms with E-state index in [4.69, 9.17) is 5.73 Å². The van der Waals surface area contributed by atoms with Gasteiger partial charge in [0.25, 0.3) is 5.91 Å². The van der Waals surface area contributed by atoms with E-state index in [9.17, 15) is 9.59 Å². The van der Waals surface area contributed by atoms with Crippen LogP contribution in [0.4, 0.5) is 5.69 Å². The van der Waals surface area contributed by atoms with Gasteiger partial charge in [0.1, 0.15) is 0 Å². The minimum Gasteiger partial charge on any atom is -0.394 e. The molecular formula is C24H29N5O2. The van der Waals surface area contributed by atoms with E-state index in [-0.39, 0.29) is 18.1 Å². The molecule has 2 amide bonds. The lowest BCUT2D eigenvalue weighted by molar-refractivity contribution is -0.132. The van der Waals surface area contributed by atoms with Crippen molar-refractivity contribution >= 4 is 23.2 Å². The van der Waals surface area contributed by atoms with Crippen molar-refractivity contribution in [3.05, 3.63) is 66.4 Å². The molecule has 2 aromatic rings. The number of anilines is 1. The summed E-state index contributed by atoms with van der Waals surface area (Å²) in [5.41, 5.74) is 9.95. The van der Waals surface area contributed by atoms with Crippen molar-refractivity contribution < 1.29 is 9.59 Å². The molecule has 3 N–H and O–H groups in total. The van der Waals surface area contributed by atoms with Gasteiger partial charge in [0.2, 0.25) is 5.91 Å². The van der Waals surface area contributed by atoms with Crippen LogP contribution in [0.25, 0.3) is 11.1 Å². The second-order valence-corrected chi connectivity index (χ2v) is 7.40. The van der Waals surface area contributed by atoms with Crippen LogP contribution in [-0.2, 0) is 9.59 Å². The zero-order valence-corrected chi connectivity index (χ0v) is 18.0. The predicted molar refractivity (Wildman–Crippen MR) is 125 cm³/mol. The fourth-order valence-corrected chi connectivity index (χ4v) is 3.53. The summed E-state index contributed by atoms with van der Waals surface area (Å²) in [4.78, 5) is 32.6. The number of nitrogens with one attached hydrogen (secondary N) is 1. The van der Waals surface area contributed by atoms with E-state index in [0.717, 1.165) is 13.1 Å². The molecular weight excluding hydrogens is 390 g/mol. The van der Waals surface area contributed by atoms with Gasteiger partial charge in [0.15, 0.2) is 0 Å². The van der Waals surface area contributed by atoms with Crippen LogP contribution in [0.1, 0.15) is 6.92 Å². The van der Waals surface area contributed by atoms with Gasteiger partial charge in [0.05, 0.1) is 12.2 Å². The first-order valence-electron chi connectivity index (χ1n) is 10.4. The van der Waals surface area contributed by atoms with Gasteiger partial charge in [-0.05, 0) is 24.6 Å². The molecule has 1 aliphatic rings.